The van der Waals surface area contributed by atoms with E-state index in [1.165, 1.54) is 22.4 Å². The molecule has 2 aliphatic heterocycles. The molecule has 1 saturated heterocycles. The molecule has 8 nitrogen and oxygen atoms in total. The number of hydrogen-bond acceptors (Lipinski definition) is 5. The summed E-state index contributed by atoms with van der Waals surface area (Å²) in [6.45, 7) is 0.445. The summed E-state index contributed by atoms with van der Waals surface area (Å²) in [5.74, 6) is -3.69. The van der Waals surface area contributed by atoms with Gasteiger partial charge in [-0.25, -0.2) is 8.78 Å². The molecule has 2 N–H and O–H groups in total. The van der Waals surface area contributed by atoms with Crippen LogP contribution in [0.15, 0.2) is 59.5 Å². The first-order valence-corrected chi connectivity index (χ1v) is 12.0. The van der Waals surface area contributed by atoms with Crippen LogP contribution in [0.25, 0.3) is 0 Å². The fourth-order valence-electron chi connectivity index (χ4n) is 5.13. The normalized spacial score (nSPS) is 19.3. The smallest absolute Gasteiger partial charge is 0.275 e. The molecule has 2 aliphatic rings. The molecule has 2 amide bonds. The van der Waals surface area contributed by atoms with Gasteiger partial charge < -0.3 is 19.9 Å². The van der Waals surface area contributed by atoms with Crippen molar-refractivity contribution in [3.05, 3.63) is 99.0 Å². The molecule has 0 radical (unpaired) electrons. The van der Waals surface area contributed by atoms with Gasteiger partial charge in [0, 0.05) is 37.0 Å². The molecule has 1 unspecified atom stereocenters. The molecule has 0 aliphatic carbocycles. The number of aromatic hydroxyl groups is 1. The van der Waals surface area contributed by atoms with Gasteiger partial charge >= 0.3 is 0 Å². The Hall–Kier alpha value is -4.05. The topological polar surface area (TPSA) is 94.9 Å². The third kappa shape index (κ3) is 4.60. The third-order valence-corrected chi connectivity index (χ3v) is 7.20. The third-order valence-electron chi connectivity index (χ3n) is 7.20. The fourth-order valence-corrected chi connectivity index (χ4v) is 5.13. The summed E-state index contributed by atoms with van der Waals surface area (Å²) in [6.07, 6.45) is 2.48. The van der Waals surface area contributed by atoms with Gasteiger partial charge in [-0.05, 0) is 31.5 Å². The van der Waals surface area contributed by atoms with Crippen LogP contribution in [-0.4, -0.2) is 57.1 Å². The van der Waals surface area contributed by atoms with Gasteiger partial charge in [0.2, 0.25) is 5.43 Å². The number of hydrogen-bond donors (Lipinski definition) is 2. The van der Waals surface area contributed by atoms with Gasteiger partial charge in [-0.2, -0.15) is 0 Å². The maximum atomic E-state index is 13.9. The minimum Gasteiger partial charge on any atom is -0.503 e. The van der Waals surface area contributed by atoms with E-state index in [4.69, 9.17) is 0 Å². The summed E-state index contributed by atoms with van der Waals surface area (Å²) < 4.78 is 28.5. The molecule has 5 rings (SSSR count). The monoisotopic (exact) mass is 508 g/mol. The van der Waals surface area contributed by atoms with Crippen molar-refractivity contribution >= 4 is 11.8 Å². The maximum absolute atomic E-state index is 13.9. The highest BCUT2D eigenvalue weighted by Crippen LogP contribution is 2.30. The van der Waals surface area contributed by atoms with Gasteiger partial charge in [0.1, 0.15) is 23.4 Å². The van der Waals surface area contributed by atoms with Crippen LogP contribution in [0.2, 0.25) is 0 Å². The SMILES string of the molecule is CN1C2Cn3cc(C(=O)NCc4ccc(F)cc4F)c(=O)c(O)c3C(=O)N2CC[C@@H]1Cc1ccccc1. The van der Waals surface area contributed by atoms with Gasteiger partial charge in [-0.1, -0.05) is 36.4 Å². The molecule has 2 atom stereocenters. The lowest BCUT2D eigenvalue weighted by Crippen LogP contribution is -2.63. The molecule has 0 saturated carbocycles. The van der Waals surface area contributed by atoms with Gasteiger partial charge in [0.25, 0.3) is 11.8 Å². The van der Waals surface area contributed by atoms with Gasteiger partial charge in [-0.3, -0.25) is 19.3 Å². The van der Waals surface area contributed by atoms with Gasteiger partial charge in [0.05, 0.1) is 6.54 Å². The van der Waals surface area contributed by atoms with E-state index < -0.39 is 34.6 Å². The molecule has 1 fully saturated rings. The summed E-state index contributed by atoms with van der Waals surface area (Å²) in [5.41, 5.74) is -0.284. The molecule has 3 aromatic rings. The predicted octanol–water partition coefficient (Wildman–Crippen LogP) is 2.49. The van der Waals surface area contributed by atoms with Crippen LogP contribution >= 0.6 is 0 Å². The highest BCUT2D eigenvalue weighted by atomic mass is 19.1. The molecular weight excluding hydrogens is 482 g/mol. The molecule has 192 valence electrons. The molecule has 10 heteroatoms. The second-order valence-electron chi connectivity index (χ2n) is 9.42. The molecule has 37 heavy (non-hydrogen) atoms. The van der Waals surface area contributed by atoms with Crippen LogP contribution in [0.4, 0.5) is 8.78 Å². The fraction of sp³-hybridized carbons (Fsp3) is 0.296. The number of nitrogens with one attached hydrogen (secondary N) is 1. The van der Waals surface area contributed by atoms with Crippen molar-refractivity contribution < 1.29 is 23.5 Å². The van der Waals surface area contributed by atoms with Crippen LogP contribution in [0.1, 0.15) is 38.4 Å². The van der Waals surface area contributed by atoms with Crippen LogP contribution < -0.4 is 10.7 Å². The lowest BCUT2D eigenvalue weighted by molar-refractivity contribution is -0.0239. The van der Waals surface area contributed by atoms with Crippen LogP contribution in [0.5, 0.6) is 5.75 Å². The Kier molecular flexibility index (Phi) is 6.51. The summed E-state index contributed by atoms with van der Waals surface area (Å²) in [7, 11) is 1.94. The zero-order chi connectivity index (χ0) is 26.3. The van der Waals surface area contributed by atoms with E-state index in [2.05, 4.69) is 22.3 Å². The first-order chi connectivity index (χ1) is 17.7. The Balaban J connectivity index is 1.39. The van der Waals surface area contributed by atoms with Crippen LogP contribution in [-0.2, 0) is 19.5 Å². The standard InChI is InChI=1S/C27H26F2N4O4/c1-31-19(11-16-5-3-2-4-6-16)9-10-33-22(31)15-32-14-20(24(34)25(35)23(32)27(33)37)26(36)30-13-17-7-8-18(28)12-21(17)29/h2-8,12,14,19,22,35H,9-11,13,15H2,1H3,(H,30,36)/t19-,22?/m1/s1. The Morgan fingerprint density at radius 1 is 1.14 bits per heavy atom. The number of rotatable bonds is 5. The van der Waals surface area contributed by atoms with E-state index in [0.29, 0.717) is 12.6 Å². The van der Waals surface area contributed by atoms with E-state index in [-0.39, 0.29) is 42.1 Å². The summed E-state index contributed by atoms with van der Waals surface area (Å²) in [6, 6.07) is 13.2. The van der Waals surface area contributed by atoms with Crippen molar-refractivity contribution in [1.82, 2.24) is 19.7 Å². The van der Waals surface area contributed by atoms with Crippen molar-refractivity contribution in [2.75, 3.05) is 13.6 Å². The number of amides is 2. The number of benzene rings is 2. The summed E-state index contributed by atoms with van der Waals surface area (Å²) in [5, 5.41) is 13.1. The number of nitrogens with zero attached hydrogens (tertiary/aromatic N) is 3. The predicted molar refractivity (Wildman–Crippen MR) is 131 cm³/mol. The Labute approximate surface area is 211 Å². The second-order valence-corrected chi connectivity index (χ2v) is 9.42. The minimum atomic E-state index is -0.984. The number of fused-ring (bicyclic) bond motifs is 2. The van der Waals surface area contributed by atoms with Crippen LogP contribution in [0.3, 0.4) is 0 Å². The lowest BCUT2D eigenvalue weighted by atomic mass is 9.97. The largest absolute Gasteiger partial charge is 0.503 e. The molecule has 0 bridgehead atoms. The first-order valence-electron chi connectivity index (χ1n) is 12.0. The number of carbonyl (C=O) groups is 2. The number of halogens is 2. The van der Waals surface area contributed by atoms with E-state index in [9.17, 15) is 28.3 Å². The van der Waals surface area contributed by atoms with Crippen molar-refractivity contribution in [1.29, 1.82) is 0 Å². The average Bonchev–Trinajstić information content (AvgIpc) is 2.88. The number of pyridine rings is 1. The summed E-state index contributed by atoms with van der Waals surface area (Å²) in [4.78, 5) is 42.7. The second kappa shape index (κ2) is 9.78. The quantitative estimate of drug-likeness (QED) is 0.552. The maximum Gasteiger partial charge on any atom is 0.275 e. The Morgan fingerprint density at radius 2 is 1.89 bits per heavy atom. The van der Waals surface area contributed by atoms with Gasteiger partial charge in [-0.15, -0.1) is 0 Å². The number of aromatic nitrogens is 1. The van der Waals surface area contributed by atoms with Crippen LogP contribution in [0, 0.1) is 11.6 Å². The highest BCUT2D eigenvalue weighted by molar-refractivity contribution is 5.99. The molecule has 3 heterocycles. The zero-order valence-electron chi connectivity index (χ0n) is 20.2. The minimum absolute atomic E-state index is 0.0381. The number of likely N-dealkylation sites (N-methyl/N-ethyl adjacent to an activating group) is 1. The van der Waals surface area contributed by atoms with E-state index >= 15 is 0 Å². The van der Waals surface area contributed by atoms with Crippen molar-refractivity contribution in [2.45, 2.75) is 38.1 Å². The number of carbonyl (C=O) groups excluding carboxylic acids is 2. The first kappa shape index (κ1) is 24.6. The zero-order valence-corrected chi connectivity index (χ0v) is 20.2. The lowest BCUT2D eigenvalue weighted by Gasteiger charge is -2.49. The Bertz CT molecular complexity index is 1430. The van der Waals surface area contributed by atoms with Crippen molar-refractivity contribution in [3.8, 4) is 5.75 Å². The van der Waals surface area contributed by atoms with E-state index in [0.717, 1.165) is 18.9 Å². The molecular formula is C27H26F2N4O4. The molecule has 1 aromatic heterocycles. The Morgan fingerprint density at radius 3 is 2.62 bits per heavy atom. The van der Waals surface area contributed by atoms with E-state index in [1.807, 2.05) is 25.2 Å². The van der Waals surface area contributed by atoms with E-state index in [1.54, 1.807) is 4.90 Å². The molecule has 2 aromatic carbocycles. The summed E-state index contributed by atoms with van der Waals surface area (Å²) >= 11 is 0. The van der Waals surface area contributed by atoms with Gasteiger partial charge in [0.15, 0.2) is 11.4 Å². The van der Waals surface area contributed by atoms with Crippen molar-refractivity contribution in [3.63, 3.8) is 0 Å². The average molecular weight is 509 g/mol. The van der Waals surface area contributed by atoms with Crippen molar-refractivity contribution in [2.24, 2.45) is 0 Å². The molecule has 0 spiro atoms. The highest BCUT2D eigenvalue weighted by Gasteiger charge is 2.42.